The van der Waals surface area contributed by atoms with Gasteiger partial charge in [0.05, 0.1) is 18.4 Å². The molecule has 0 saturated heterocycles. The van der Waals surface area contributed by atoms with Crippen molar-refractivity contribution in [2.45, 2.75) is 78.7 Å². The molecule has 4 aliphatic rings. The van der Waals surface area contributed by atoms with E-state index < -0.39 is 6.09 Å². The lowest BCUT2D eigenvalue weighted by Crippen LogP contribution is -2.50. The molecule has 2 N–H and O–H groups in total. The van der Waals surface area contributed by atoms with E-state index in [1.54, 1.807) is 6.92 Å². The first-order chi connectivity index (χ1) is 13.8. The highest BCUT2D eigenvalue weighted by Crippen LogP contribution is 2.65. The first kappa shape index (κ1) is 20.6. The molecule has 4 unspecified atom stereocenters. The van der Waals surface area contributed by atoms with Crippen molar-refractivity contribution in [1.29, 1.82) is 0 Å². The number of hydrazone groups is 1. The van der Waals surface area contributed by atoms with Crippen LogP contribution in [0.1, 0.15) is 72.6 Å². The van der Waals surface area contributed by atoms with Gasteiger partial charge in [0, 0.05) is 0 Å². The SMILES string of the molecule is CCOC(=O)N/N=C(\C)C1=CCC2C3CC=C4CC(O)CC[C@]4(C)C3CC[C@]12C. The van der Waals surface area contributed by atoms with E-state index in [4.69, 9.17) is 4.74 Å². The second kappa shape index (κ2) is 7.57. The molecule has 0 bridgehead atoms. The van der Waals surface area contributed by atoms with Crippen LogP contribution >= 0.6 is 0 Å². The highest BCUT2D eigenvalue weighted by atomic mass is 16.5. The van der Waals surface area contributed by atoms with E-state index in [2.05, 4.69) is 36.5 Å². The molecule has 0 aromatic carbocycles. The van der Waals surface area contributed by atoms with Gasteiger partial charge in [-0.1, -0.05) is 31.6 Å². The number of fused-ring (bicyclic) bond motifs is 5. The lowest BCUT2D eigenvalue weighted by Gasteiger charge is -2.57. The van der Waals surface area contributed by atoms with Crippen LogP contribution in [0.2, 0.25) is 0 Å². The Kier molecular flexibility index (Phi) is 5.39. The van der Waals surface area contributed by atoms with Crippen LogP contribution in [0.5, 0.6) is 0 Å². The van der Waals surface area contributed by atoms with E-state index in [-0.39, 0.29) is 16.9 Å². The third-order valence-corrected chi connectivity index (χ3v) is 8.64. The van der Waals surface area contributed by atoms with Crippen molar-refractivity contribution in [3.05, 3.63) is 23.3 Å². The molecular weight excluding hydrogens is 364 g/mol. The summed E-state index contributed by atoms with van der Waals surface area (Å²) in [6.07, 6.45) is 11.8. The van der Waals surface area contributed by atoms with Gasteiger partial charge < -0.3 is 9.84 Å². The number of aliphatic hydroxyl groups is 1. The van der Waals surface area contributed by atoms with Gasteiger partial charge in [0.25, 0.3) is 0 Å². The van der Waals surface area contributed by atoms with E-state index in [0.717, 1.165) is 43.7 Å². The maximum atomic E-state index is 11.6. The number of amides is 1. The molecule has 160 valence electrons. The molecule has 0 radical (unpaired) electrons. The smallest absolute Gasteiger partial charge is 0.427 e. The van der Waals surface area contributed by atoms with Crippen LogP contribution in [0.4, 0.5) is 4.79 Å². The zero-order valence-electron chi connectivity index (χ0n) is 18.3. The number of nitrogens with zero attached hydrogens (tertiary/aromatic N) is 1. The Morgan fingerprint density at radius 3 is 2.72 bits per heavy atom. The first-order valence-corrected chi connectivity index (χ1v) is 11.3. The summed E-state index contributed by atoms with van der Waals surface area (Å²) in [5, 5.41) is 14.5. The van der Waals surface area contributed by atoms with E-state index in [9.17, 15) is 9.90 Å². The van der Waals surface area contributed by atoms with E-state index in [0.29, 0.717) is 18.4 Å². The Morgan fingerprint density at radius 2 is 1.97 bits per heavy atom. The van der Waals surface area contributed by atoms with Gasteiger partial charge in [0.1, 0.15) is 0 Å². The molecule has 2 saturated carbocycles. The molecule has 2 fully saturated rings. The van der Waals surface area contributed by atoms with Gasteiger partial charge in [-0.3, -0.25) is 0 Å². The summed E-state index contributed by atoms with van der Waals surface area (Å²) in [7, 11) is 0. The standard InChI is InChI=1S/C24H36N2O3/c1-5-29-22(28)26-25-15(2)19-8-9-20-18-7-6-16-14-17(27)10-12-23(16,3)21(18)11-13-24(19,20)4/h6,8,17-18,20-21,27H,5,7,9-14H2,1-4H3,(H,26,28)/b25-15+/t17?,18?,20?,21?,23-,24+/m0/s1. The second-order valence-corrected chi connectivity index (χ2v) is 10.00. The maximum absolute atomic E-state index is 11.6. The third kappa shape index (κ3) is 3.35. The van der Waals surface area contributed by atoms with Gasteiger partial charge in [0.2, 0.25) is 0 Å². The van der Waals surface area contributed by atoms with Crippen LogP contribution in [-0.2, 0) is 4.74 Å². The molecule has 6 atom stereocenters. The lowest BCUT2D eigenvalue weighted by molar-refractivity contribution is -0.0279. The van der Waals surface area contributed by atoms with E-state index >= 15 is 0 Å². The zero-order chi connectivity index (χ0) is 20.8. The molecule has 0 aromatic rings. The molecule has 0 spiro atoms. The lowest BCUT2D eigenvalue weighted by atomic mass is 9.47. The largest absolute Gasteiger partial charge is 0.449 e. The van der Waals surface area contributed by atoms with Crippen LogP contribution in [0.3, 0.4) is 0 Å². The van der Waals surface area contributed by atoms with Crippen molar-refractivity contribution in [1.82, 2.24) is 5.43 Å². The minimum absolute atomic E-state index is 0.126. The normalized spacial score (nSPS) is 41.5. The summed E-state index contributed by atoms with van der Waals surface area (Å²) in [6, 6.07) is 0. The average Bonchev–Trinajstić information content (AvgIpc) is 3.04. The number of allylic oxidation sites excluding steroid dienone is 3. The van der Waals surface area contributed by atoms with Crippen LogP contribution in [0, 0.1) is 28.6 Å². The van der Waals surface area contributed by atoms with Crippen molar-refractivity contribution >= 4 is 11.8 Å². The Hall–Kier alpha value is -1.62. The van der Waals surface area contributed by atoms with Gasteiger partial charge in [-0.15, -0.1) is 0 Å². The van der Waals surface area contributed by atoms with Gasteiger partial charge in [-0.25, -0.2) is 10.2 Å². The summed E-state index contributed by atoms with van der Waals surface area (Å²) in [4.78, 5) is 11.6. The maximum Gasteiger partial charge on any atom is 0.427 e. The van der Waals surface area contributed by atoms with Crippen molar-refractivity contribution in [2.24, 2.45) is 33.7 Å². The van der Waals surface area contributed by atoms with Crippen LogP contribution < -0.4 is 5.43 Å². The summed E-state index contributed by atoms with van der Waals surface area (Å²) >= 11 is 0. The fourth-order valence-electron chi connectivity index (χ4n) is 7.12. The molecule has 1 amide bonds. The summed E-state index contributed by atoms with van der Waals surface area (Å²) in [6.45, 7) is 9.00. The van der Waals surface area contributed by atoms with Crippen LogP contribution in [-0.4, -0.2) is 29.6 Å². The molecule has 5 heteroatoms. The topological polar surface area (TPSA) is 70.9 Å². The molecule has 4 aliphatic carbocycles. The molecule has 0 heterocycles. The van der Waals surface area contributed by atoms with Crippen molar-refractivity contribution in [3.8, 4) is 0 Å². The highest BCUT2D eigenvalue weighted by molar-refractivity contribution is 6.00. The number of aliphatic hydroxyl groups excluding tert-OH is 1. The summed E-state index contributed by atoms with van der Waals surface area (Å²) < 4.78 is 4.93. The number of carbonyl (C=O) groups excluding carboxylic acids is 1. The number of hydrogen-bond acceptors (Lipinski definition) is 4. The Morgan fingerprint density at radius 1 is 1.21 bits per heavy atom. The van der Waals surface area contributed by atoms with Crippen molar-refractivity contribution < 1.29 is 14.6 Å². The Bertz CT molecular complexity index is 770. The third-order valence-electron chi connectivity index (χ3n) is 8.64. The summed E-state index contributed by atoms with van der Waals surface area (Å²) in [5.74, 6) is 2.04. The van der Waals surface area contributed by atoms with Gasteiger partial charge in [-0.05, 0) is 93.0 Å². The monoisotopic (exact) mass is 400 g/mol. The zero-order valence-corrected chi connectivity index (χ0v) is 18.3. The summed E-state index contributed by atoms with van der Waals surface area (Å²) in [5.41, 5.74) is 6.64. The predicted molar refractivity (Wildman–Crippen MR) is 114 cm³/mol. The molecule has 0 aliphatic heterocycles. The van der Waals surface area contributed by atoms with Gasteiger partial charge >= 0.3 is 6.09 Å². The molecular formula is C24H36N2O3. The number of rotatable bonds is 3. The van der Waals surface area contributed by atoms with Gasteiger partial charge in [-0.2, -0.15) is 5.10 Å². The van der Waals surface area contributed by atoms with Crippen molar-refractivity contribution in [2.75, 3.05) is 6.61 Å². The fourth-order valence-corrected chi connectivity index (χ4v) is 7.12. The average molecular weight is 401 g/mol. The van der Waals surface area contributed by atoms with Crippen molar-refractivity contribution in [3.63, 3.8) is 0 Å². The predicted octanol–water partition coefficient (Wildman–Crippen LogP) is 4.97. The quantitative estimate of drug-likeness (QED) is 0.399. The molecule has 4 rings (SSSR count). The first-order valence-electron chi connectivity index (χ1n) is 11.3. The minimum Gasteiger partial charge on any atom is -0.449 e. The van der Waals surface area contributed by atoms with Crippen LogP contribution in [0.15, 0.2) is 28.4 Å². The number of nitrogens with one attached hydrogen (secondary N) is 1. The van der Waals surface area contributed by atoms with E-state index in [1.807, 2.05) is 6.92 Å². The highest BCUT2D eigenvalue weighted by Gasteiger charge is 2.56. The Labute approximate surface area is 174 Å². The van der Waals surface area contributed by atoms with E-state index in [1.165, 1.54) is 24.0 Å². The van der Waals surface area contributed by atoms with Crippen LogP contribution in [0.25, 0.3) is 0 Å². The number of hydrogen-bond donors (Lipinski definition) is 2. The fraction of sp³-hybridized carbons (Fsp3) is 0.750. The molecule has 0 aromatic heterocycles. The second-order valence-electron chi connectivity index (χ2n) is 10.00. The molecule has 5 nitrogen and oxygen atoms in total. The molecule has 29 heavy (non-hydrogen) atoms. The van der Waals surface area contributed by atoms with Gasteiger partial charge in [0.15, 0.2) is 0 Å². The number of carbonyl (C=O) groups is 1. The minimum atomic E-state index is -0.492. The number of ether oxygens (including phenoxy) is 1. The Balaban J connectivity index is 1.54.